The fourth-order valence-corrected chi connectivity index (χ4v) is 4.03. The van der Waals surface area contributed by atoms with Crippen LogP contribution in [0.1, 0.15) is 0 Å². The minimum atomic E-state index is -0.128. The zero-order chi connectivity index (χ0) is 20.9. The number of ether oxygens (including phenoxy) is 1. The lowest BCUT2D eigenvalue weighted by atomic mass is 10.2. The quantitative estimate of drug-likeness (QED) is 0.404. The number of nitrogens with zero attached hydrogens (tertiary/aromatic N) is 4. The van der Waals surface area contributed by atoms with Gasteiger partial charge in [-0.3, -0.25) is 9.48 Å². The molecule has 4 rings (SSSR count). The average Bonchev–Trinajstić information content (AvgIpc) is 3.36. The lowest BCUT2D eigenvalue weighted by molar-refractivity contribution is -0.122. The number of hydrogen-bond acceptors (Lipinski definition) is 7. The molecule has 0 unspecified atom stereocenters. The molecule has 0 aliphatic heterocycles. The molecule has 0 aliphatic rings. The molecule has 0 aliphatic carbocycles. The molecule has 0 bridgehead atoms. The van der Waals surface area contributed by atoms with Crippen molar-refractivity contribution in [2.75, 3.05) is 25.6 Å². The van der Waals surface area contributed by atoms with Gasteiger partial charge >= 0.3 is 0 Å². The van der Waals surface area contributed by atoms with Gasteiger partial charge in [0.05, 0.1) is 28.7 Å². The normalized spacial score (nSPS) is 11.0. The molecule has 0 saturated carbocycles. The largest absolute Gasteiger partial charge is 0.383 e. The van der Waals surface area contributed by atoms with Crippen LogP contribution in [0.3, 0.4) is 0 Å². The highest BCUT2D eigenvalue weighted by atomic mass is 35.5. The first kappa shape index (κ1) is 20.3. The highest BCUT2D eigenvalue weighted by Gasteiger charge is 2.12. The van der Waals surface area contributed by atoms with Crippen molar-refractivity contribution in [2.45, 2.75) is 6.54 Å². The molecular formula is C20H19ClN6O2S. The predicted molar refractivity (Wildman–Crippen MR) is 118 cm³/mol. The first-order valence-electron chi connectivity index (χ1n) is 9.18. The summed E-state index contributed by atoms with van der Waals surface area (Å²) >= 11 is 7.59. The number of anilines is 2. The van der Waals surface area contributed by atoms with Crippen molar-refractivity contribution < 1.29 is 9.53 Å². The van der Waals surface area contributed by atoms with Crippen LogP contribution in [0.2, 0.25) is 5.02 Å². The molecule has 0 spiro atoms. The standard InChI is InChI=1S/C20H19ClN6O2S/c1-29-7-6-22-18(28)11-27-10-15(9-25-27)26-20-19-16(23-12-24-20)8-17(30-19)13-2-4-14(21)5-3-13/h2-5,8-10,12H,6-7,11H2,1H3,(H,22,28)(H,23,24,26). The van der Waals surface area contributed by atoms with Gasteiger partial charge in [0.25, 0.3) is 0 Å². The molecule has 0 radical (unpaired) electrons. The Bertz CT molecular complexity index is 1160. The van der Waals surface area contributed by atoms with E-state index in [9.17, 15) is 4.79 Å². The molecule has 8 nitrogen and oxygen atoms in total. The summed E-state index contributed by atoms with van der Waals surface area (Å²) in [6.07, 6.45) is 4.94. The number of nitrogens with one attached hydrogen (secondary N) is 2. The Hall–Kier alpha value is -3.01. The number of amides is 1. The molecule has 1 aromatic carbocycles. The number of carbonyl (C=O) groups is 1. The molecular weight excluding hydrogens is 424 g/mol. The molecule has 1 amide bonds. The second kappa shape index (κ2) is 9.21. The summed E-state index contributed by atoms with van der Waals surface area (Å²) in [4.78, 5) is 21.7. The summed E-state index contributed by atoms with van der Waals surface area (Å²) in [5.74, 6) is 0.561. The molecule has 4 aromatic rings. The van der Waals surface area contributed by atoms with Gasteiger partial charge in [-0.15, -0.1) is 11.3 Å². The Kier molecular flexibility index (Phi) is 6.22. The van der Waals surface area contributed by atoms with Crippen molar-refractivity contribution in [2.24, 2.45) is 0 Å². The summed E-state index contributed by atoms with van der Waals surface area (Å²) in [5.41, 5.74) is 2.66. The van der Waals surface area contributed by atoms with Crippen LogP contribution in [0.25, 0.3) is 20.7 Å². The van der Waals surface area contributed by atoms with Crippen molar-refractivity contribution in [3.8, 4) is 10.4 Å². The van der Waals surface area contributed by atoms with Crippen LogP contribution in [-0.4, -0.2) is 45.9 Å². The van der Waals surface area contributed by atoms with E-state index in [0.717, 1.165) is 26.3 Å². The molecule has 3 aromatic heterocycles. The average molecular weight is 443 g/mol. The van der Waals surface area contributed by atoms with Crippen molar-refractivity contribution in [3.05, 3.63) is 54.1 Å². The van der Waals surface area contributed by atoms with Crippen LogP contribution in [0, 0.1) is 0 Å². The van der Waals surface area contributed by atoms with E-state index in [2.05, 4.69) is 25.7 Å². The minimum absolute atomic E-state index is 0.128. The van der Waals surface area contributed by atoms with Gasteiger partial charge in [-0.05, 0) is 23.8 Å². The molecule has 154 valence electrons. The highest BCUT2D eigenvalue weighted by molar-refractivity contribution is 7.22. The number of aromatic nitrogens is 4. The van der Waals surface area contributed by atoms with E-state index in [1.165, 1.54) is 6.33 Å². The summed E-state index contributed by atoms with van der Waals surface area (Å²) < 4.78 is 7.42. The van der Waals surface area contributed by atoms with Crippen molar-refractivity contribution in [3.63, 3.8) is 0 Å². The second-order valence-electron chi connectivity index (χ2n) is 6.45. The van der Waals surface area contributed by atoms with E-state index in [-0.39, 0.29) is 12.5 Å². The lowest BCUT2D eigenvalue weighted by Crippen LogP contribution is -2.30. The Morgan fingerprint density at radius 2 is 2.10 bits per heavy atom. The third-order valence-electron chi connectivity index (χ3n) is 4.27. The van der Waals surface area contributed by atoms with Gasteiger partial charge in [0, 0.05) is 29.8 Å². The van der Waals surface area contributed by atoms with Crippen LogP contribution in [0.15, 0.2) is 49.1 Å². The molecule has 0 saturated heterocycles. The van der Waals surface area contributed by atoms with Crippen molar-refractivity contribution in [1.82, 2.24) is 25.1 Å². The maximum atomic E-state index is 11.9. The first-order chi connectivity index (χ1) is 14.6. The summed E-state index contributed by atoms with van der Waals surface area (Å²) in [7, 11) is 1.59. The third-order valence-corrected chi connectivity index (χ3v) is 5.70. The number of hydrogen-bond donors (Lipinski definition) is 2. The van der Waals surface area contributed by atoms with Gasteiger partial charge in [-0.2, -0.15) is 5.10 Å². The van der Waals surface area contributed by atoms with Gasteiger partial charge in [-0.25, -0.2) is 9.97 Å². The van der Waals surface area contributed by atoms with Gasteiger partial charge in [0.1, 0.15) is 12.9 Å². The number of benzene rings is 1. The van der Waals surface area contributed by atoms with Crippen LogP contribution >= 0.6 is 22.9 Å². The Morgan fingerprint density at radius 1 is 1.27 bits per heavy atom. The minimum Gasteiger partial charge on any atom is -0.383 e. The highest BCUT2D eigenvalue weighted by Crippen LogP contribution is 2.36. The number of halogens is 1. The first-order valence-corrected chi connectivity index (χ1v) is 10.4. The number of thiophene rings is 1. The van der Waals surface area contributed by atoms with E-state index in [1.807, 2.05) is 30.3 Å². The molecule has 10 heteroatoms. The van der Waals surface area contributed by atoms with Crippen LogP contribution in [0.5, 0.6) is 0 Å². The van der Waals surface area contributed by atoms with E-state index in [1.54, 1.807) is 35.5 Å². The SMILES string of the molecule is COCCNC(=O)Cn1cc(Nc2ncnc3cc(-c4ccc(Cl)cc4)sc23)cn1. The zero-order valence-electron chi connectivity index (χ0n) is 16.1. The molecule has 2 N–H and O–H groups in total. The second-order valence-corrected chi connectivity index (χ2v) is 7.94. The predicted octanol–water partition coefficient (Wildman–Crippen LogP) is 3.71. The zero-order valence-corrected chi connectivity index (χ0v) is 17.7. The van der Waals surface area contributed by atoms with E-state index >= 15 is 0 Å². The Labute approximate surface area is 181 Å². The summed E-state index contributed by atoms with van der Waals surface area (Å²) in [6.45, 7) is 1.07. The van der Waals surface area contributed by atoms with Gasteiger partial charge in [0.2, 0.25) is 5.91 Å². The molecule has 3 heterocycles. The van der Waals surface area contributed by atoms with E-state index in [0.29, 0.717) is 24.0 Å². The summed E-state index contributed by atoms with van der Waals surface area (Å²) in [6, 6.07) is 9.73. The fraction of sp³-hybridized carbons (Fsp3) is 0.200. The molecule has 30 heavy (non-hydrogen) atoms. The molecule has 0 fully saturated rings. The maximum Gasteiger partial charge on any atom is 0.241 e. The van der Waals surface area contributed by atoms with Crippen molar-refractivity contribution >= 4 is 50.6 Å². The van der Waals surface area contributed by atoms with Gasteiger partial charge < -0.3 is 15.4 Å². The van der Waals surface area contributed by atoms with Crippen LogP contribution in [-0.2, 0) is 16.1 Å². The smallest absolute Gasteiger partial charge is 0.241 e. The number of fused-ring (bicyclic) bond motifs is 1. The van der Waals surface area contributed by atoms with Gasteiger partial charge in [0.15, 0.2) is 5.82 Å². The monoisotopic (exact) mass is 442 g/mol. The Morgan fingerprint density at radius 3 is 2.90 bits per heavy atom. The Balaban J connectivity index is 1.50. The summed E-state index contributed by atoms with van der Waals surface area (Å²) in [5, 5.41) is 11.0. The van der Waals surface area contributed by atoms with Crippen LogP contribution < -0.4 is 10.6 Å². The van der Waals surface area contributed by atoms with Crippen LogP contribution in [0.4, 0.5) is 11.5 Å². The lowest BCUT2D eigenvalue weighted by Gasteiger charge is -2.04. The molecule has 0 atom stereocenters. The third kappa shape index (κ3) is 4.76. The number of rotatable bonds is 8. The van der Waals surface area contributed by atoms with E-state index < -0.39 is 0 Å². The van der Waals surface area contributed by atoms with E-state index in [4.69, 9.17) is 16.3 Å². The van der Waals surface area contributed by atoms with Crippen molar-refractivity contribution in [1.29, 1.82) is 0 Å². The number of carbonyl (C=O) groups excluding carboxylic acids is 1. The topological polar surface area (TPSA) is 94.0 Å². The number of methoxy groups -OCH3 is 1. The van der Waals surface area contributed by atoms with Gasteiger partial charge in [-0.1, -0.05) is 23.7 Å². The fourth-order valence-electron chi connectivity index (χ4n) is 2.85. The maximum absolute atomic E-state index is 11.9.